The molecule has 2 amide bonds. The van der Waals surface area contributed by atoms with Crippen LogP contribution in [-0.2, 0) is 9.59 Å². The third-order valence-electron chi connectivity index (χ3n) is 2.93. The lowest BCUT2D eigenvalue weighted by molar-refractivity contribution is -0.143. The van der Waals surface area contributed by atoms with Crippen LogP contribution in [-0.4, -0.2) is 35.8 Å². The minimum Gasteiger partial charge on any atom is -0.343 e. The number of hydrogen-bond donors (Lipinski definition) is 1. The van der Waals surface area contributed by atoms with Gasteiger partial charge in [-0.05, 0) is 13.3 Å². The van der Waals surface area contributed by atoms with Crippen LogP contribution in [0.5, 0.6) is 0 Å². The topological polar surface area (TPSA) is 49.4 Å². The molecule has 0 aromatic carbocycles. The highest BCUT2D eigenvalue weighted by molar-refractivity contribution is 5.94. The van der Waals surface area contributed by atoms with Crippen LogP contribution in [0.2, 0.25) is 0 Å². The maximum atomic E-state index is 11.7. The Bertz CT molecular complexity index is 253. The third kappa shape index (κ3) is 3.83. The normalized spacial score (nSPS) is 21.1. The van der Waals surface area contributed by atoms with Gasteiger partial charge >= 0.3 is 0 Å². The minimum absolute atomic E-state index is 0.0411. The van der Waals surface area contributed by atoms with Gasteiger partial charge in [-0.15, -0.1) is 0 Å². The van der Waals surface area contributed by atoms with Gasteiger partial charge in [0, 0.05) is 6.54 Å². The number of rotatable bonds is 6. The maximum Gasteiger partial charge on any atom is 0.245 e. The van der Waals surface area contributed by atoms with E-state index < -0.39 is 0 Å². The van der Waals surface area contributed by atoms with Crippen molar-refractivity contribution in [1.82, 2.24) is 10.2 Å². The van der Waals surface area contributed by atoms with Crippen LogP contribution in [0.3, 0.4) is 0 Å². The second kappa shape index (κ2) is 6.51. The van der Waals surface area contributed by atoms with Gasteiger partial charge in [0.05, 0.1) is 6.54 Å². The molecule has 0 aliphatic carbocycles. The molecule has 1 rings (SSSR count). The van der Waals surface area contributed by atoms with E-state index in [1.165, 1.54) is 19.3 Å². The molecule has 1 aliphatic heterocycles. The van der Waals surface area contributed by atoms with E-state index in [0.717, 1.165) is 19.4 Å². The first-order valence-corrected chi connectivity index (χ1v) is 6.23. The molecule has 1 heterocycles. The fraction of sp³-hybridized carbons (Fsp3) is 0.833. The lowest BCUT2D eigenvalue weighted by Gasteiger charge is -2.30. The number of unbranched alkanes of at least 4 members (excludes halogenated alkanes) is 4. The van der Waals surface area contributed by atoms with Gasteiger partial charge in [0.2, 0.25) is 11.8 Å². The standard InChI is InChI=1S/C12H22N2O2/c1-3-4-5-6-7-8-14-9-11(15)13-10(2)12(14)16/h10H,3-9H2,1-2H3,(H,13,15). The smallest absolute Gasteiger partial charge is 0.245 e. The SMILES string of the molecule is CCCCCCCN1CC(=O)NC(C)C1=O. The Balaban J connectivity index is 2.24. The molecule has 0 saturated carbocycles. The van der Waals surface area contributed by atoms with Crippen molar-refractivity contribution in [3.05, 3.63) is 0 Å². The fourth-order valence-corrected chi connectivity index (χ4v) is 1.97. The quantitative estimate of drug-likeness (QED) is 0.694. The Hall–Kier alpha value is -1.06. The van der Waals surface area contributed by atoms with E-state index in [1.807, 2.05) is 0 Å². The van der Waals surface area contributed by atoms with E-state index >= 15 is 0 Å². The highest BCUT2D eigenvalue weighted by Crippen LogP contribution is 2.07. The van der Waals surface area contributed by atoms with Crippen molar-refractivity contribution < 1.29 is 9.59 Å². The number of carbonyl (C=O) groups is 2. The van der Waals surface area contributed by atoms with Gasteiger partial charge in [-0.2, -0.15) is 0 Å². The van der Waals surface area contributed by atoms with Gasteiger partial charge in [-0.3, -0.25) is 9.59 Å². The molecule has 1 atom stereocenters. The van der Waals surface area contributed by atoms with E-state index in [0.29, 0.717) is 0 Å². The zero-order valence-electron chi connectivity index (χ0n) is 10.3. The second-order valence-corrected chi connectivity index (χ2v) is 4.46. The molecule has 16 heavy (non-hydrogen) atoms. The summed E-state index contributed by atoms with van der Waals surface area (Å²) in [6.45, 7) is 4.88. The second-order valence-electron chi connectivity index (χ2n) is 4.46. The van der Waals surface area contributed by atoms with Gasteiger partial charge in [0.25, 0.3) is 0 Å². The van der Waals surface area contributed by atoms with Gasteiger partial charge in [-0.1, -0.05) is 32.6 Å². The highest BCUT2D eigenvalue weighted by Gasteiger charge is 2.28. The van der Waals surface area contributed by atoms with Gasteiger partial charge in [0.1, 0.15) is 6.04 Å². The Labute approximate surface area is 97.4 Å². The van der Waals surface area contributed by atoms with Crippen LogP contribution in [0, 0.1) is 0 Å². The molecule has 0 bridgehead atoms. The van der Waals surface area contributed by atoms with Crippen LogP contribution in [0.25, 0.3) is 0 Å². The van der Waals surface area contributed by atoms with E-state index in [1.54, 1.807) is 11.8 Å². The van der Waals surface area contributed by atoms with E-state index in [2.05, 4.69) is 12.2 Å². The summed E-state index contributed by atoms with van der Waals surface area (Å²) in [5, 5.41) is 2.64. The summed E-state index contributed by atoms with van der Waals surface area (Å²) in [6.07, 6.45) is 5.85. The van der Waals surface area contributed by atoms with Crippen LogP contribution in [0.1, 0.15) is 46.0 Å². The van der Waals surface area contributed by atoms with Crippen molar-refractivity contribution in [2.24, 2.45) is 0 Å². The predicted molar refractivity (Wildman–Crippen MR) is 62.9 cm³/mol. The number of hydrogen-bond acceptors (Lipinski definition) is 2. The molecule has 1 aliphatic rings. The first kappa shape index (κ1) is 13.0. The predicted octanol–water partition coefficient (Wildman–Crippen LogP) is 1.30. The van der Waals surface area contributed by atoms with Gasteiger partial charge in [-0.25, -0.2) is 0 Å². The number of nitrogens with zero attached hydrogens (tertiary/aromatic N) is 1. The maximum absolute atomic E-state index is 11.7. The Morgan fingerprint density at radius 3 is 2.62 bits per heavy atom. The lowest BCUT2D eigenvalue weighted by Crippen LogP contribution is -2.56. The first-order chi connectivity index (χ1) is 7.65. The number of nitrogens with one attached hydrogen (secondary N) is 1. The summed E-state index contributed by atoms with van der Waals surface area (Å²) in [6, 6.07) is -0.350. The zero-order chi connectivity index (χ0) is 12.0. The Morgan fingerprint density at radius 1 is 1.25 bits per heavy atom. The summed E-state index contributed by atoms with van der Waals surface area (Å²) in [7, 11) is 0. The molecule has 92 valence electrons. The third-order valence-corrected chi connectivity index (χ3v) is 2.93. The van der Waals surface area contributed by atoms with Crippen LogP contribution >= 0.6 is 0 Å². The molecule has 1 saturated heterocycles. The van der Waals surface area contributed by atoms with E-state index in [4.69, 9.17) is 0 Å². The van der Waals surface area contributed by atoms with E-state index in [-0.39, 0.29) is 24.4 Å². The zero-order valence-corrected chi connectivity index (χ0v) is 10.3. The Morgan fingerprint density at radius 2 is 1.94 bits per heavy atom. The van der Waals surface area contributed by atoms with Crippen molar-refractivity contribution in [3.8, 4) is 0 Å². The van der Waals surface area contributed by atoms with Crippen LogP contribution in [0.4, 0.5) is 0 Å². The molecule has 0 aromatic heterocycles. The van der Waals surface area contributed by atoms with Crippen molar-refractivity contribution in [3.63, 3.8) is 0 Å². The van der Waals surface area contributed by atoms with Crippen molar-refractivity contribution in [2.45, 2.75) is 52.0 Å². The van der Waals surface area contributed by atoms with Crippen molar-refractivity contribution in [1.29, 1.82) is 0 Å². The molecule has 1 unspecified atom stereocenters. The monoisotopic (exact) mass is 226 g/mol. The van der Waals surface area contributed by atoms with Crippen LogP contribution < -0.4 is 5.32 Å². The highest BCUT2D eigenvalue weighted by atomic mass is 16.2. The molecular weight excluding hydrogens is 204 g/mol. The molecule has 0 radical (unpaired) electrons. The molecule has 4 nitrogen and oxygen atoms in total. The van der Waals surface area contributed by atoms with Crippen molar-refractivity contribution in [2.75, 3.05) is 13.1 Å². The largest absolute Gasteiger partial charge is 0.343 e. The summed E-state index contributed by atoms with van der Waals surface area (Å²) < 4.78 is 0. The average Bonchev–Trinajstić information content (AvgIpc) is 2.24. The summed E-state index contributed by atoms with van der Waals surface area (Å²) in [5.41, 5.74) is 0. The summed E-state index contributed by atoms with van der Waals surface area (Å²) >= 11 is 0. The fourth-order valence-electron chi connectivity index (χ4n) is 1.97. The van der Waals surface area contributed by atoms with Crippen molar-refractivity contribution >= 4 is 11.8 Å². The molecular formula is C12H22N2O2. The molecule has 4 heteroatoms. The number of carbonyl (C=O) groups excluding carboxylic acids is 2. The molecule has 0 aromatic rings. The first-order valence-electron chi connectivity index (χ1n) is 6.23. The minimum atomic E-state index is -0.350. The van der Waals surface area contributed by atoms with Gasteiger partial charge < -0.3 is 10.2 Å². The number of amides is 2. The summed E-state index contributed by atoms with van der Waals surface area (Å²) in [5.74, 6) is 0.00995. The summed E-state index contributed by atoms with van der Waals surface area (Å²) in [4.78, 5) is 24.6. The van der Waals surface area contributed by atoms with E-state index in [9.17, 15) is 9.59 Å². The average molecular weight is 226 g/mol. The molecule has 1 N–H and O–H groups in total. The molecule has 1 fully saturated rings. The lowest BCUT2D eigenvalue weighted by atomic mass is 10.1. The number of piperazine rings is 1. The molecule has 0 spiro atoms. The van der Waals surface area contributed by atoms with Crippen LogP contribution in [0.15, 0.2) is 0 Å². The van der Waals surface area contributed by atoms with Gasteiger partial charge in [0.15, 0.2) is 0 Å². The Kier molecular flexibility index (Phi) is 5.29.